The van der Waals surface area contributed by atoms with Crippen LogP contribution in [0.15, 0.2) is 47.4 Å². The van der Waals surface area contributed by atoms with Crippen molar-refractivity contribution in [2.45, 2.75) is 30.6 Å². The number of sulfonamides is 1. The Bertz CT molecular complexity index is 1090. The molecule has 9 heteroatoms. The van der Waals surface area contributed by atoms with Gasteiger partial charge in [0.05, 0.1) is 14.2 Å². The van der Waals surface area contributed by atoms with Crippen molar-refractivity contribution in [2.24, 2.45) is 0 Å². The lowest BCUT2D eigenvalue weighted by Crippen LogP contribution is -2.48. The van der Waals surface area contributed by atoms with Crippen molar-refractivity contribution < 1.29 is 22.7 Å². The highest BCUT2D eigenvalue weighted by Crippen LogP contribution is 2.30. The van der Waals surface area contributed by atoms with Crippen LogP contribution in [0.25, 0.3) is 0 Å². The summed E-state index contributed by atoms with van der Waals surface area (Å²) in [6.07, 6.45) is 3.76. The van der Waals surface area contributed by atoms with E-state index in [0.29, 0.717) is 44.8 Å². The summed E-state index contributed by atoms with van der Waals surface area (Å²) in [4.78, 5) is 17.4. The maximum atomic E-state index is 13.4. The lowest BCUT2D eigenvalue weighted by molar-refractivity contribution is 0.0746. The van der Waals surface area contributed by atoms with Crippen LogP contribution in [-0.2, 0) is 10.0 Å². The lowest BCUT2D eigenvalue weighted by atomic mass is 10.1. The molecule has 0 atom stereocenters. The minimum atomic E-state index is -3.75. The number of methoxy groups -OCH3 is 2. The van der Waals surface area contributed by atoms with E-state index in [1.807, 2.05) is 24.3 Å². The van der Waals surface area contributed by atoms with Gasteiger partial charge in [0.25, 0.3) is 5.91 Å². The summed E-state index contributed by atoms with van der Waals surface area (Å²) in [5, 5.41) is 0. The number of hydrogen-bond acceptors (Lipinski definition) is 6. The van der Waals surface area contributed by atoms with E-state index < -0.39 is 10.0 Å². The Morgan fingerprint density at radius 1 is 0.794 bits per heavy atom. The number of rotatable bonds is 6. The first-order valence-corrected chi connectivity index (χ1v) is 13.2. The molecule has 2 heterocycles. The van der Waals surface area contributed by atoms with Crippen LogP contribution < -0.4 is 14.4 Å². The van der Waals surface area contributed by atoms with Crippen LogP contribution in [0.4, 0.5) is 5.69 Å². The van der Waals surface area contributed by atoms with Gasteiger partial charge >= 0.3 is 0 Å². The van der Waals surface area contributed by atoms with Gasteiger partial charge in [-0.1, -0.05) is 12.8 Å². The molecule has 0 aliphatic carbocycles. The molecule has 184 valence electrons. The predicted molar refractivity (Wildman–Crippen MR) is 131 cm³/mol. The monoisotopic (exact) mass is 487 g/mol. The van der Waals surface area contributed by atoms with E-state index >= 15 is 0 Å². The van der Waals surface area contributed by atoms with Gasteiger partial charge in [-0.15, -0.1) is 0 Å². The van der Waals surface area contributed by atoms with E-state index in [9.17, 15) is 13.2 Å². The van der Waals surface area contributed by atoms with Gasteiger partial charge in [0.15, 0.2) is 0 Å². The highest BCUT2D eigenvalue weighted by molar-refractivity contribution is 7.89. The first-order valence-electron chi connectivity index (χ1n) is 11.8. The van der Waals surface area contributed by atoms with E-state index in [1.54, 1.807) is 24.1 Å². The number of anilines is 1. The van der Waals surface area contributed by atoms with Crippen LogP contribution in [-0.4, -0.2) is 77.0 Å². The predicted octanol–water partition coefficient (Wildman–Crippen LogP) is 3.23. The van der Waals surface area contributed by atoms with Gasteiger partial charge < -0.3 is 19.3 Å². The number of carbonyl (C=O) groups excluding carboxylic acids is 1. The smallest absolute Gasteiger partial charge is 0.254 e. The first kappa shape index (κ1) is 24.3. The van der Waals surface area contributed by atoms with Gasteiger partial charge in [0, 0.05) is 50.5 Å². The molecule has 0 unspecified atom stereocenters. The zero-order valence-corrected chi connectivity index (χ0v) is 20.7. The summed E-state index contributed by atoms with van der Waals surface area (Å²) in [6.45, 7) is 3.52. The second kappa shape index (κ2) is 10.7. The van der Waals surface area contributed by atoms with Gasteiger partial charge in [-0.25, -0.2) is 8.42 Å². The molecule has 2 aromatic carbocycles. The standard InChI is InChI=1S/C25H33N3O5S/c1-32-22-10-8-21(9-11-22)26-15-17-27(18-16-26)25(29)20-7-12-23(33-2)24(19-20)34(30,31)28-13-5-3-4-6-14-28/h7-12,19H,3-6,13-18H2,1-2H3. The van der Waals surface area contributed by atoms with Crippen LogP contribution in [0, 0.1) is 0 Å². The normalized spacial score (nSPS) is 17.8. The van der Waals surface area contributed by atoms with Gasteiger partial charge in [0.1, 0.15) is 16.4 Å². The Hall–Kier alpha value is -2.78. The fourth-order valence-corrected chi connectivity index (χ4v) is 6.27. The maximum Gasteiger partial charge on any atom is 0.254 e. The molecule has 2 saturated heterocycles. The number of amides is 1. The highest BCUT2D eigenvalue weighted by atomic mass is 32.2. The third-order valence-corrected chi connectivity index (χ3v) is 8.52. The molecule has 0 aromatic heterocycles. The SMILES string of the molecule is COc1ccc(N2CCN(C(=O)c3ccc(OC)c(S(=O)(=O)N4CCCCCC4)c3)CC2)cc1. The molecule has 2 aliphatic rings. The van der Waals surface area contributed by atoms with Crippen molar-refractivity contribution in [1.29, 1.82) is 0 Å². The van der Waals surface area contributed by atoms with Crippen molar-refractivity contribution in [1.82, 2.24) is 9.21 Å². The van der Waals surface area contributed by atoms with Crippen molar-refractivity contribution in [3.05, 3.63) is 48.0 Å². The van der Waals surface area contributed by atoms with Gasteiger partial charge in [-0.2, -0.15) is 4.31 Å². The summed E-state index contributed by atoms with van der Waals surface area (Å²) in [5.74, 6) is 0.914. The van der Waals surface area contributed by atoms with Crippen LogP contribution in [0.1, 0.15) is 36.0 Å². The average molecular weight is 488 g/mol. The third-order valence-electron chi connectivity index (χ3n) is 6.60. The Labute approximate surface area is 202 Å². The van der Waals surface area contributed by atoms with Gasteiger partial charge in [-0.05, 0) is 55.3 Å². The van der Waals surface area contributed by atoms with Crippen LogP contribution in [0.2, 0.25) is 0 Å². The molecular formula is C25H33N3O5S. The molecule has 4 rings (SSSR count). The fourth-order valence-electron chi connectivity index (χ4n) is 4.58. The number of carbonyl (C=O) groups is 1. The van der Waals surface area contributed by atoms with E-state index in [2.05, 4.69) is 4.90 Å². The molecule has 0 spiro atoms. The second-order valence-corrected chi connectivity index (χ2v) is 10.6. The number of hydrogen-bond donors (Lipinski definition) is 0. The summed E-state index contributed by atoms with van der Waals surface area (Å²) in [6, 6.07) is 12.6. The molecule has 0 radical (unpaired) electrons. The summed E-state index contributed by atoms with van der Waals surface area (Å²) in [7, 11) is -0.649. The van der Waals surface area contributed by atoms with Crippen molar-refractivity contribution in [3.63, 3.8) is 0 Å². The van der Waals surface area contributed by atoms with Crippen LogP contribution >= 0.6 is 0 Å². The summed E-state index contributed by atoms with van der Waals surface area (Å²) >= 11 is 0. The maximum absolute atomic E-state index is 13.4. The van der Waals surface area contributed by atoms with Crippen LogP contribution in [0.3, 0.4) is 0 Å². The lowest BCUT2D eigenvalue weighted by Gasteiger charge is -2.36. The molecule has 2 aromatic rings. The summed E-state index contributed by atoms with van der Waals surface area (Å²) < 4.78 is 39.0. The van der Waals surface area contributed by atoms with E-state index in [0.717, 1.165) is 37.1 Å². The molecule has 0 saturated carbocycles. The zero-order chi connectivity index (χ0) is 24.1. The number of piperazine rings is 1. The van der Waals surface area contributed by atoms with E-state index in [4.69, 9.17) is 9.47 Å². The quantitative estimate of drug-likeness (QED) is 0.623. The first-order chi connectivity index (χ1) is 16.4. The van der Waals surface area contributed by atoms with E-state index in [-0.39, 0.29) is 16.6 Å². The highest BCUT2D eigenvalue weighted by Gasteiger charge is 2.30. The van der Waals surface area contributed by atoms with E-state index in [1.165, 1.54) is 17.5 Å². The minimum absolute atomic E-state index is 0.0691. The molecular weight excluding hydrogens is 454 g/mol. The molecule has 8 nitrogen and oxygen atoms in total. The Balaban J connectivity index is 1.49. The Kier molecular flexibility index (Phi) is 7.63. The van der Waals surface area contributed by atoms with Gasteiger partial charge in [0.2, 0.25) is 10.0 Å². The molecule has 2 aliphatic heterocycles. The number of nitrogens with zero attached hydrogens (tertiary/aromatic N) is 3. The third kappa shape index (κ3) is 5.15. The van der Waals surface area contributed by atoms with Gasteiger partial charge in [-0.3, -0.25) is 4.79 Å². The molecule has 2 fully saturated rings. The van der Waals surface area contributed by atoms with Crippen molar-refractivity contribution >= 4 is 21.6 Å². The molecule has 0 bridgehead atoms. The minimum Gasteiger partial charge on any atom is -0.497 e. The Morgan fingerprint density at radius 2 is 1.44 bits per heavy atom. The number of benzene rings is 2. The largest absolute Gasteiger partial charge is 0.497 e. The Morgan fingerprint density at radius 3 is 2.03 bits per heavy atom. The molecule has 0 N–H and O–H groups in total. The summed E-state index contributed by atoms with van der Waals surface area (Å²) in [5.41, 5.74) is 1.45. The topological polar surface area (TPSA) is 79.4 Å². The molecule has 1 amide bonds. The molecule has 34 heavy (non-hydrogen) atoms. The fraction of sp³-hybridized carbons (Fsp3) is 0.480. The van der Waals surface area contributed by atoms with Crippen molar-refractivity contribution in [3.8, 4) is 11.5 Å². The van der Waals surface area contributed by atoms with Crippen molar-refractivity contribution in [2.75, 3.05) is 58.4 Å². The average Bonchev–Trinajstić information content (AvgIpc) is 3.18. The number of ether oxygens (including phenoxy) is 2. The van der Waals surface area contributed by atoms with Crippen LogP contribution in [0.5, 0.6) is 11.5 Å². The second-order valence-electron chi connectivity index (χ2n) is 8.66. The zero-order valence-electron chi connectivity index (χ0n) is 19.9.